The maximum atomic E-state index is 7.63. The Bertz CT molecular complexity index is 95.9. The largest absolute Gasteiger partial charge is 0.373 e. The number of amidine groups is 1. The first kappa shape index (κ1) is 5.25. The van der Waals surface area contributed by atoms with Crippen LogP contribution in [-0.4, -0.2) is 5.29 Å². The molecule has 0 aliphatic heterocycles. The van der Waals surface area contributed by atoms with E-state index in [0.717, 1.165) is 0 Å². The molecular weight excluding hydrogens is 101 g/mol. The van der Waals surface area contributed by atoms with Crippen molar-refractivity contribution in [2.45, 2.75) is 0 Å². The zero-order valence-corrected chi connectivity index (χ0v) is 3.61. The predicted octanol–water partition coefficient (Wildman–Crippen LogP) is 0.0210. The SMILES string of the molecule is N#CN=C(N)Cl. The summed E-state index contributed by atoms with van der Waals surface area (Å²) < 4.78 is 0. The quantitative estimate of drug-likeness (QED) is 0.203. The Kier molecular flexibility index (Phi) is 2.17. The van der Waals surface area contributed by atoms with Crippen molar-refractivity contribution < 1.29 is 0 Å². The molecule has 0 aromatic heterocycles. The zero-order chi connectivity index (χ0) is 4.99. The molecule has 0 radical (unpaired) electrons. The molecule has 0 saturated carbocycles. The average molecular weight is 104 g/mol. The van der Waals surface area contributed by atoms with Crippen molar-refractivity contribution in [3.05, 3.63) is 0 Å². The van der Waals surface area contributed by atoms with Crippen LogP contribution in [0.25, 0.3) is 0 Å². The molecular formula is C2H2ClN3. The Labute approximate surface area is 40.0 Å². The molecule has 0 fully saturated rings. The molecule has 0 spiro atoms. The molecule has 0 aromatic carbocycles. The maximum absolute atomic E-state index is 7.63. The van der Waals surface area contributed by atoms with E-state index in [1.807, 2.05) is 0 Å². The van der Waals surface area contributed by atoms with Gasteiger partial charge in [-0.3, -0.25) is 0 Å². The number of halogens is 1. The Morgan fingerprint density at radius 2 is 2.50 bits per heavy atom. The predicted molar refractivity (Wildman–Crippen MR) is 23.1 cm³/mol. The van der Waals surface area contributed by atoms with Gasteiger partial charge in [0.2, 0.25) is 11.5 Å². The molecule has 32 valence electrons. The summed E-state index contributed by atoms with van der Waals surface area (Å²) in [5.41, 5.74) is 4.70. The number of hydrogen-bond donors (Lipinski definition) is 1. The lowest BCUT2D eigenvalue weighted by molar-refractivity contribution is 1.43. The van der Waals surface area contributed by atoms with Gasteiger partial charge in [0.05, 0.1) is 0 Å². The van der Waals surface area contributed by atoms with Crippen LogP contribution in [0.3, 0.4) is 0 Å². The highest BCUT2D eigenvalue weighted by Crippen LogP contribution is 1.69. The topological polar surface area (TPSA) is 62.2 Å². The Hall–Kier alpha value is -0.750. The smallest absolute Gasteiger partial charge is 0.208 e. The van der Waals surface area contributed by atoms with Gasteiger partial charge >= 0.3 is 0 Å². The van der Waals surface area contributed by atoms with Gasteiger partial charge in [-0.25, -0.2) is 0 Å². The van der Waals surface area contributed by atoms with Gasteiger partial charge in [-0.05, 0) is 11.6 Å². The number of nitriles is 1. The summed E-state index contributed by atoms with van der Waals surface area (Å²) in [6.45, 7) is 0. The van der Waals surface area contributed by atoms with E-state index in [1.54, 1.807) is 0 Å². The van der Waals surface area contributed by atoms with Crippen LogP contribution < -0.4 is 5.73 Å². The van der Waals surface area contributed by atoms with Crippen molar-refractivity contribution in [1.29, 1.82) is 5.26 Å². The molecule has 0 aromatic rings. The maximum Gasteiger partial charge on any atom is 0.208 e. The first-order chi connectivity index (χ1) is 2.77. The van der Waals surface area contributed by atoms with E-state index in [9.17, 15) is 0 Å². The van der Waals surface area contributed by atoms with E-state index in [1.165, 1.54) is 6.19 Å². The van der Waals surface area contributed by atoms with Crippen LogP contribution in [0.1, 0.15) is 0 Å². The Morgan fingerprint density at radius 1 is 2.00 bits per heavy atom. The molecule has 0 amide bonds. The van der Waals surface area contributed by atoms with Crippen molar-refractivity contribution in [2.24, 2.45) is 10.7 Å². The molecule has 0 rings (SSSR count). The highest BCUT2D eigenvalue weighted by molar-refractivity contribution is 6.64. The minimum atomic E-state index is -0.225. The molecule has 0 atom stereocenters. The van der Waals surface area contributed by atoms with Crippen molar-refractivity contribution in [3.63, 3.8) is 0 Å². The van der Waals surface area contributed by atoms with Gasteiger partial charge in [0.25, 0.3) is 0 Å². The highest BCUT2D eigenvalue weighted by Gasteiger charge is 1.71. The van der Waals surface area contributed by atoms with Crippen LogP contribution in [0, 0.1) is 11.5 Å². The minimum absolute atomic E-state index is 0.225. The third kappa shape index (κ3) is 3.25. The molecule has 0 heterocycles. The van der Waals surface area contributed by atoms with Crippen LogP contribution >= 0.6 is 11.6 Å². The van der Waals surface area contributed by atoms with Crippen LogP contribution in [0.2, 0.25) is 0 Å². The normalized spacial score (nSPS) is 10.3. The summed E-state index contributed by atoms with van der Waals surface area (Å²) >= 11 is 4.88. The van der Waals surface area contributed by atoms with E-state index in [2.05, 4.69) is 4.99 Å². The first-order valence-electron chi connectivity index (χ1n) is 1.15. The lowest BCUT2D eigenvalue weighted by atomic mass is 11.2. The van der Waals surface area contributed by atoms with E-state index in [4.69, 9.17) is 22.6 Å². The minimum Gasteiger partial charge on any atom is -0.373 e. The summed E-state index contributed by atoms with van der Waals surface area (Å²) in [4.78, 5) is 2.89. The molecule has 6 heavy (non-hydrogen) atoms. The van der Waals surface area contributed by atoms with Gasteiger partial charge in [0.1, 0.15) is 0 Å². The lowest BCUT2D eigenvalue weighted by Crippen LogP contribution is -1.99. The van der Waals surface area contributed by atoms with Gasteiger partial charge in [-0.15, -0.1) is 4.99 Å². The fourth-order valence-electron chi connectivity index (χ4n) is 0.0478. The monoisotopic (exact) mass is 103 g/mol. The molecule has 0 aliphatic carbocycles. The second kappa shape index (κ2) is 2.49. The summed E-state index contributed by atoms with van der Waals surface area (Å²) in [5.74, 6) is 0. The van der Waals surface area contributed by atoms with Crippen LogP contribution in [-0.2, 0) is 0 Å². The second-order valence-corrected chi connectivity index (χ2v) is 0.922. The van der Waals surface area contributed by atoms with Crippen LogP contribution in [0.4, 0.5) is 0 Å². The third-order valence-corrected chi connectivity index (χ3v) is 0.241. The first-order valence-corrected chi connectivity index (χ1v) is 1.53. The van der Waals surface area contributed by atoms with Gasteiger partial charge < -0.3 is 5.73 Å². The molecule has 0 saturated heterocycles. The number of nitrogens with two attached hydrogens (primary N) is 1. The van der Waals surface area contributed by atoms with Crippen LogP contribution in [0.5, 0.6) is 0 Å². The van der Waals surface area contributed by atoms with Crippen molar-refractivity contribution in [2.75, 3.05) is 0 Å². The van der Waals surface area contributed by atoms with E-state index < -0.39 is 0 Å². The number of nitrogens with zero attached hydrogens (tertiary/aromatic N) is 2. The van der Waals surface area contributed by atoms with Crippen molar-refractivity contribution in [3.8, 4) is 6.19 Å². The van der Waals surface area contributed by atoms with Crippen molar-refractivity contribution >= 4 is 16.9 Å². The molecule has 4 heteroatoms. The van der Waals surface area contributed by atoms with E-state index >= 15 is 0 Å². The van der Waals surface area contributed by atoms with E-state index in [0.29, 0.717) is 0 Å². The summed E-state index contributed by atoms with van der Waals surface area (Å²) in [7, 11) is 0. The van der Waals surface area contributed by atoms with Gasteiger partial charge in [0.15, 0.2) is 0 Å². The standard InChI is InChI=1S/C2H2ClN3/c3-2(5)6-1-4/h(H2,5,6). The molecule has 2 N–H and O–H groups in total. The van der Waals surface area contributed by atoms with Gasteiger partial charge in [0, 0.05) is 0 Å². The lowest BCUT2D eigenvalue weighted by Gasteiger charge is -1.69. The molecule has 0 bridgehead atoms. The summed E-state index contributed by atoms with van der Waals surface area (Å²) in [6.07, 6.45) is 1.40. The molecule has 0 aliphatic rings. The number of aliphatic imine (C=N–C) groups is 1. The number of hydrogen-bond acceptors (Lipinski definition) is 2. The van der Waals surface area contributed by atoms with Crippen molar-refractivity contribution in [1.82, 2.24) is 0 Å². The fourth-order valence-corrected chi connectivity index (χ4v) is 0.0856. The van der Waals surface area contributed by atoms with Gasteiger partial charge in [-0.2, -0.15) is 5.26 Å². The molecule has 3 nitrogen and oxygen atoms in total. The highest BCUT2D eigenvalue weighted by atomic mass is 35.5. The fraction of sp³-hybridized carbons (Fsp3) is 0. The average Bonchev–Trinajstić information content (AvgIpc) is 1.35. The zero-order valence-electron chi connectivity index (χ0n) is 2.85. The summed E-state index contributed by atoms with van der Waals surface area (Å²) in [6, 6.07) is 0. The third-order valence-electron chi connectivity index (χ3n) is 0.157. The number of rotatable bonds is 0. The molecule has 0 unspecified atom stereocenters. The summed E-state index contributed by atoms with van der Waals surface area (Å²) in [5, 5.41) is 7.41. The Balaban J connectivity index is 3.51. The Morgan fingerprint density at radius 3 is 2.50 bits per heavy atom. The van der Waals surface area contributed by atoms with Crippen LogP contribution in [0.15, 0.2) is 4.99 Å². The van der Waals surface area contributed by atoms with E-state index in [-0.39, 0.29) is 5.29 Å². The van der Waals surface area contributed by atoms with Gasteiger partial charge in [-0.1, -0.05) is 0 Å². The second-order valence-electron chi connectivity index (χ2n) is 0.535.